The van der Waals surface area contributed by atoms with Crippen molar-refractivity contribution in [3.8, 4) is 11.5 Å². The maximum atomic E-state index is 11.3. The Hall–Kier alpha value is -2.24. The molecule has 1 heterocycles. The molecule has 0 atom stereocenters. The lowest BCUT2D eigenvalue weighted by molar-refractivity contribution is -0.120. The Morgan fingerprint density at radius 1 is 1.41 bits per heavy atom. The first-order valence-corrected chi connectivity index (χ1v) is 5.13. The minimum Gasteiger partial charge on any atom is -0.454 e. The van der Waals surface area contributed by atoms with Gasteiger partial charge in [0, 0.05) is 6.54 Å². The topological polar surface area (TPSA) is 97.4 Å². The number of rotatable bonds is 4. The molecule has 0 aliphatic carbocycles. The molecule has 0 bridgehead atoms. The molecule has 0 spiro atoms. The monoisotopic (exact) mass is 235 g/mol. The van der Waals surface area contributed by atoms with Crippen LogP contribution in [-0.2, 0) is 11.3 Å². The molecule has 0 radical (unpaired) electrons. The quantitative estimate of drug-likeness (QED) is 0.518. The van der Waals surface area contributed by atoms with Gasteiger partial charge in [-0.25, -0.2) is 0 Å². The van der Waals surface area contributed by atoms with Gasteiger partial charge in [0.25, 0.3) is 0 Å². The molecule has 1 aliphatic rings. The van der Waals surface area contributed by atoms with E-state index in [4.69, 9.17) is 20.6 Å². The van der Waals surface area contributed by atoms with Gasteiger partial charge < -0.3 is 20.5 Å². The predicted molar refractivity (Wildman–Crippen MR) is 60.9 cm³/mol. The smallest absolute Gasteiger partial charge is 0.231 e. The first-order chi connectivity index (χ1) is 8.15. The number of carbonyl (C=O) groups excluding carboxylic acids is 1. The van der Waals surface area contributed by atoms with E-state index < -0.39 is 0 Å². The van der Waals surface area contributed by atoms with E-state index >= 15 is 0 Å². The number of amidine groups is 1. The number of fused-ring (bicyclic) bond motifs is 1. The summed E-state index contributed by atoms with van der Waals surface area (Å²) in [5.41, 5.74) is 6.03. The first-order valence-electron chi connectivity index (χ1n) is 5.13. The summed E-state index contributed by atoms with van der Waals surface area (Å²) in [6.45, 7) is 0.609. The van der Waals surface area contributed by atoms with Crippen LogP contribution in [0.1, 0.15) is 12.0 Å². The summed E-state index contributed by atoms with van der Waals surface area (Å²) < 4.78 is 10.4. The third-order valence-corrected chi connectivity index (χ3v) is 2.28. The largest absolute Gasteiger partial charge is 0.454 e. The van der Waals surface area contributed by atoms with E-state index in [1.165, 1.54) is 0 Å². The average molecular weight is 235 g/mol. The van der Waals surface area contributed by atoms with Gasteiger partial charge in [0.1, 0.15) is 0 Å². The summed E-state index contributed by atoms with van der Waals surface area (Å²) in [6, 6.07) is 5.47. The van der Waals surface area contributed by atoms with Gasteiger partial charge in [-0.15, -0.1) is 0 Å². The van der Waals surface area contributed by atoms with Crippen LogP contribution in [0.4, 0.5) is 0 Å². The van der Waals surface area contributed by atoms with Crippen molar-refractivity contribution in [1.82, 2.24) is 5.32 Å². The Morgan fingerprint density at radius 3 is 2.94 bits per heavy atom. The van der Waals surface area contributed by atoms with Gasteiger partial charge >= 0.3 is 0 Å². The second-order valence-electron chi connectivity index (χ2n) is 3.67. The number of amides is 1. The van der Waals surface area contributed by atoms with Gasteiger partial charge in [-0.05, 0) is 17.7 Å². The predicted octanol–water partition coefficient (Wildman–Crippen LogP) is 0.358. The molecule has 1 aromatic carbocycles. The summed E-state index contributed by atoms with van der Waals surface area (Å²) in [4.78, 5) is 11.3. The molecule has 0 fully saturated rings. The van der Waals surface area contributed by atoms with Crippen molar-refractivity contribution in [1.29, 1.82) is 5.41 Å². The normalized spacial score (nSPS) is 12.2. The lowest BCUT2D eigenvalue weighted by atomic mass is 10.2. The molecule has 0 saturated carbocycles. The van der Waals surface area contributed by atoms with Crippen LogP contribution < -0.4 is 20.5 Å². The molecule has 1 amide bonds. The van der Waals surface area contributed by atoms with Crippen molar-refractivity contribution < 1.29 is 14.3 Å². The molecule has 6 heteroatoms. The zero-order chi connectivity index (χ0) is 12.3. The maximum Gasteiger partial charge on any atom is 0.231 e. The number of nitrogens with two attached hydrogens (primary N) is 1. The fraction of sp³-hybridized carbons (Fsp3) is 0.273. The zero-order valence-electron chi connectivity index (χ0n) is 9.16. The number of hydrogen-bond acceptors (Lipinski definition) is 4. The molecule has 0 unspecified atom stereocenters. The standard InChI is InChI=1S/C11H13N3O3/c12-10(13)4-11(15)14-5-7-1-2-8-9(3-7)17-6-16-8/h1-3H,4-6H2,(H3,12,13)(H,14,15). The molecule has 17 heavy (non-hydrogen) atoms. The molecule has 6 nitrogen and oxygen atoms in total. The van der Waals surface area contributed by atoms with E-state index in [1.807, 2.05) is 12.1 Å². The van der Waals surface area contributed by atoms with Crippen molar-refractivity contribution in [3.63, 3.8) is 0 Å². The van der Waals surface area contributed by atoms with Gasteiger partial charge in [0.05, 0.1) is 12.3 Å². The van der Waals surface area contributed by atoms with Gasteiger partial charge in [-0.2, -0.15) is 0 Å². The fourth-order valence-electron chi connectivity index (χ4n) is 1.49. The average Bonchev–Trinajstić information content (AvgIpc) is 2.72. The van der Waals surface area contributed by atoms with Crippen molar-refractivity contribution in [2.24, 2.45) is 5.73 Å². The van der Waals surface area contributed by atoms with Gasteiger partial charge in [0.15, 0.2) is 11.5 Å². The lowest BCUT2D eigenvalue weighted by Gasteiger charge is -2.05. The second kappa shape index (κ2) is 4.73. The van der Waals surface area contributed by atoms with Crippen molar-refractivity contribution >= 4 is 11.7 Å². The van der Waals surface area contributed by atoms with Crippen molar-refractivity contribution in [2.75, 3.05) is 6.79 Å². The van der Waals surface area contributed by atoms with Gasteiger partial charge in [-0.1, -0.05) is 6.07 Å². The molecular weight excluding hydrogens is 222 g/mol. The van der Waals surface area contributed by atoms with Crippen LogP contribution in [0, 0.1) is 5.41 Å². The van der Waals surface area contributed by atoms with Crippen LogP contribution in [0.15, 0.2) is 18.2 Å². The third kappa shape index (κ3) is 2.87. The highest BCUT2D eigenvalue weighted by Gasteiger charge is 2.13. The van der Waals surface area contributed by atoms with E-state index in [1.54, 1.807) is 6.07 Å². The zero-order valence-corrected chi connectivity index (χ0v) is 9.16. The summed E-state index contributed by atoms with van der Waals surface area (Å²) in [7, 11) is 0. The van der Waals surface area contributed by atoms with E-state index in [0.717, 1.165) is 5.56 Å². The first kappa shape index (κ1) is 11.3. The number of benzene rings is 1. The van der Waals surface area contributed by atoms with E-state index in [2.05, 4.69) is 5.32 Å². The summed E-state index contributed by atoms with van der Waals surface area (Å²) >= 11 is 0. The number of hydrogen-bond donors (Lipinski definition) is 3. The van der Waals surface area contributed by atoms with E-state index in [9.17, 15) is 4.79 Å². The molecule has 0 aromatic heterocycles. The maximum absolute atomic E-state index is 11.3. The van der Waals surface area contributed by atoms with Gasteiger partial charge in [-0.3, -0.25) is 10.2 Å². The van der Waals surface area contributed by atoms with Crippen LogP contribution in [-0.4, -0.2) is 18.5 Å². The Morgan fingerprint density at radius 2 is 2.18 bits per heavy atom. The highest BCUT2D eigenvalue weighted by Crippen LogP contribution is 2.32. The molecule has 0 saturated heterocycles. The van der Waals surface area contributed by atoms with Crippen molar-refractivity contribution in [2.45, 2.75) is 13.0 Å². The SMILES string of the molecule is N=C(N)CC(=O)NCc1ccc2c(c1)OCO2. The molecule has 2 rings (SSSR count). The van der Waals surface area contributed by atoms with Crippen LogP contribution in [0.25, 0.3) is 0 Å². The van der Waals surface area contributed by atoms with Crippen LogP contribution >= 0.6 is 0 Å². The molecule has 1 aromatic rings. The van der Waals surface area contributed by atoms with Gasteiger partial charge in [0.2, 0.25) is 12.7 Å². The second-order valence-corrected chi connectivity index (χ2v) is 3.67. The number of carbonyl (C=O) groups is 1. The fourth-order valence-corrected chi connectivity index (χ4v) is 1.49. The van der Waals surface area contributed by atoms with Crippen LogP contribution in [0.3, 0.4) is 0 Å². The Kier molecular flexibility index (Phi) is 3.13. The molecule has 1 aliphatic heterocycles. The molecule has 4 N–H and O–H groups in total. The highest BCUT2D eigenvalue weighted by molar-refractivity contribution is 5.97. The van der Waals surface area contributed by atoms with Crippen molar-refractivity contribution in [3.05, 3.63) is 23.8 Å². The summed E-state index contributed by atoms with van der Waals surface area (Å²) in [5, 5.41) is 9.65. The minimum atomic E-state index is -0.268. The molecular formula is C11H13N3O3. The Bertz CT molecular complexity index is 459. The van der Waals surface area contributed by atoms with E-state index in [-0.39, 0.29) is 25.0 Å². The molecule has 90 valence electrons. The Balaban J connectivity index is 1.91. The summed E-state index contributed by atoms with van der Waals surface area (Å²) in [5.74, 6) is 0.982. The van der Waals surface area contributed by atoms with Crippen LogP contribution in [0.2, 0.25) is 0 Å². The number of nitrogens with one attached hydrogen (secondary N) is 2. The number of ether oxygens (including phenoxy) is 2. The van der Waals surface area contributed by atoms with Crippen LogP contribution in [0.5, 0.6) is 11.5 Å². The third-order valence-electron chi connectivity index (χ3n) is 2.28. The highest BCUT2D eigenvalue weighted by atomic mass is 16.7. The minimum absolute atomic E-state index is 0.0788. The lowest BCUT2D eigenvalue weighted by Crippen LogP contribution is -2.27. The Labute approximate surface area is 98.2 Å². The summed E-state index contributed by atoms with van der Waals surface area (Å²) in [6.07, 6.45) is -0.0788. The van der Waals surface area contributed by atoms with E-state index in [0.29, 0.717) is 18.0 Å².